The lowest BCUT2D eigenvalue weighted by atomic mass is 9.41. The number of epoxide rings is 1. The number of aliphatic hydroxyl groups excluding tert-OH is 1. The molecule has 39 heavy (non-hydrogen) atoms. The molecule has 2 aliphatic carbocycles. The normalized spacial score (nSPS) is 47.2. The van der Waals surface area contributed by atoms with Gasteiger partial charge in [-0.3, -0.25) is 14.4 Å². The zero-order valence-electron chi connectivity index (χ0n) is 24.0. The molecule has 3 heterocycles. The van der Waals surface area contributed by atoms with Crippen LogP contribution in [0.3, 0.4) is 0 Å². The first-order chi connectivity index (χ1) is 18.4. The number of ether oxygens (including phenoxy) is 6. The molecule has 0 bridgehead atoms. The molecular weight excluding hydrogens is 508 g/mol. The quantitative estimate of drug-likeness (QED) is 0.286. The second kappa shape index (κ2) is 10.3. The SMILES string of the molecule is CC[C@@H](C)C(=O)O[C@H]1[C@@H](O)C[C@@H]2[C@@](C)([C@H]3C[C@H]4CCO[C@H]4O3)[C@H](C)C[C@H](OC(C)=O)[C@@]2(COC(C)=O)[C@@]12CO2. The lowest BCUT2D eigenvalue weighted by molar-refractivity contribution is -0.285. The molecule has 10 heteroatoms. The van der Waals surface area contributed by atoms with Crippen molar-refractivity contribution < 1.29 is 47.9 Å². The molecule has 3 saturated heterocycles. The molecule has 220 valence electrons. The Morgan fingerprint density at radius 2 is 1.82 bits per heavy atom. The first-order valence-corrected chi connectivity index (χ1v) is 14.5. The van der Waals surface area contributed by atoms with E-state index in [0.717, 1.165) is 12.8 Å². The van der Waals surface area contributed by atoms with Crippen LogP contribution in [-0.4, -0.2) is 79.1 Å². The topological polar surface area (TPSA) is 130 Å². The first kappa shape index (κ1) is 28.8. The van der Waals surface area contributed by atoms with Crippen molar-refractivity contribution in [1.29, 1.82) is 0 Å². The average molecular weight is 553 g/mol. The fourth-order valence-corrected chi connectivity index (χ4v) is 8.29. The molecule has 1 N–H and O–H groups in total. The standard InChI is InChI=1S/C29H44O10/c1-7-15(2)25(33)39-24-20(32)12-21-27(6,22-11-19-8-9-34-26(19)38-22)16(3)10-23(37-18(5)31)28(21,13-35-17(4)30)29(24)14-36-29/h15-16,19-24,26,32H,7-14H2,1-6H3/t15-,16-,19-,20+,21-,22-,23+,24+,26+,27+,28+,29-/m1/s1. The van der Waals surface area contributed by atoms with Gasteiger partial charge in [-0.25, -0.2) is 0 Å². The number of carbonyl (C=O) groups excluding carboxylic acids is 3. The van der Waals surface area contributed by atoms with Crippen molar-refractivity contribution in [1.82, 2.24) is 0 Å². The summed E-state index contributed by atoms with van der Waals surface area (Å²) in [6.07, 6.45) is -0.0393. The molecule has 1 spiro atoms. The molecule has 5 rings (SSSR count). The number of esters is 3. The third kappa shape index (κ3) is 4.41. The van der Waals surface area contributed by atoms with Crippen molar-refractivity contribution in [2.45, 2.75) is 110 Å². The molecule has 0 radical (unpaired) electrons. The second-order valence-electron chi connectivity index (χ2n) is 12.8. The number of carbonyl (C=O) groups is 3. The van der Waals surface area contributed by atoms with Gasteiger partial charge < -0.3 is 33.5 Å². The Morgan fingerprint density at radius 3 is 2.41 bits per heavy atom. The van der Waals surface area contributed by atoms with Crippen molar-refractivity contribution in [3.8, 4) is 0 Å². The van der Waals surface area contributed by atoms with E-state index in [4.69, 9.17) is 28.4 Å². The summed E-state index contributed by atoms with van der Waals surface area (Å²) in [5.74, 6) is -1.70. The van der Waals surface area contributed by atoms with E-state index in [1.54, 1.807) is 6.92 Å². The van der Waals surface area contributed by atoms with Crippen molar-refractivity contribution in [3.05, 3.63) is 0 Å². The molecule has 5 aliphatic rings. The van der Waals surface area contributed by atoms with Crippen LogP contribution in [0.4, 0.5) is 0 Å². The predicted molar refractivity (Wildman–Crippen MR) is 136 cm³/mol. The van der Waals surface area contributed by atoms with Crippen LogP contribution in [-0.2, 0) is 42.8 Å². The Labute approximate surface area is 230 Å². The van der Waals surface area contributed by atoms with Gasteiger partial charge >= 0.3 is 17.9 Å². The minimum absolute atomic E-state index is 0.0309. The largest absolute Gasteiger partial charge is 0.465 e. The minimum atomic E-state index is -1.18. The fraction of sp³-hybridized carbons (Fsp3) is 0.897. The summed E-state index contributed by atoms with van der Waals surface area (Å²) in [5.41, 5.74) is -2.75. The van der Waals surface area contributed by atoms with Crippen LogP contribution in [0.2, 0.25) is 0 Å². The highest BCUT2D eigenvalue weighted by molar-refractivity contribution is 5.72. The number of hydrogen-bond donors (Lipinski definition) is 1. The smallest absolute Gasteiger partial charge is 0.309 e. The van der Waals surface area contributed by atoms with E-state index in [0.29, 0.717) is 25.4 Å². The predicted octanol–water partition coefficient (Wildman–Crippen LogP) is 2.77. The van der Waals surface area contributed by atoms with E-state index < -0.39 is 52.7 Å². The molecular formula is C29H44O10. The van der Waals surface area contributed by atoms with Gasteiger partial charge in [0.1, 0.15) is 18.3 Å². The van der Waals surface area contributed by atoms with E-state index in [1.165, 1.54) is 13.8 Å². The van der Waals surface area contributed by atoms with Gasteiger partial charge in [0.25, 0.3) is 0 Å². The average Bonchev–Trinajstić information content (AvgIpc) is 3.36. The highest BCUT2D eigenvalue weighted by Crippen LogP contribution is 2.70. The van der Waals surface area contributed by atoms with Crippen molar-refractivity contribution in [2.75, 3.05) is 19.8 Å². The summed E-state index contributed by atoms with van der Waals surface area (Å²) >= 11 is 0. The summed E-state index contributed by atoms with van der Waals surface area (Å²) in [7, 11) is 0. The molecule has 0 unspecified atom stereocenters. The Balaban J connectivity index is 1.62. The zero-order valence-corrected chi connectivity index (χ0v) is 24.0. The molecule has 2 saturated carbocycles. The van der Waals surface area contributed by atoms with Gasteiger partial charge in [0.05, 0.1) is 36.8 Å². The molecule has 12 atom stereocenters. The monoisotopic (exact) mass is 552 g/mol. The molecule has 0 aromatic rings. The molecule has 0 aromatic carbocycles. The van der Waals surface area contributed by atoms with E-state index in [1.807, 2.05) is 6.92 Å². The Bertz CT molecular complexity index is 967. The Hall–Kier alpha value is -1.75. The third-order valence-corrected chi connectivity index (χ3v) is 10.9. The van der Waals surface area contributed by atoms with E-state index in [9.17, 15) is 19.5 Å². The first-order valence-electron chi connectivity index (χ1n) is 14.5. The van der Waals surface area contributed by atoms with Crippen molar-refractivity contribution in [3.63, 3.8) is 0 Å². The van der Waals surface area contributed by atoms with E-state index in [-0.39, 0.29) is 49.8 Å². The van der Waals surface area contributed by atoms with Gasteiger partial charge in [-0.1, -0.05) is 27.7 Å². The van der Waals surface area contributed by atoms with E-state index >= 15 is 0 Å². The maximum Gasteiger partial charge on any atom is 0.309 e. The van der Waals surface area contributed by atoms with Gasteiger partial charge in [0.15, 0.2) is 12.4 Å². The zero-order chi connectivity index (χ0) is 28.3. The second-order valence-corrected chi connectivity index (χ2v) is 12.8. The lowest BCUT2D eigenvalue weighted by Crippen LogP contribution is -2.74. The summed E-state index contributed by atoms with van der Waals surface area (Å²) in [5, 5.41) is 11.6. The lowest BCUT2D eigenvalue weighted by Gasteiger charge is -2.65. The molecule has 0 aromatic heterocycles. The molecule has 0 amide bonds. The van der Waals surface area contributed by atoms with Gasteiger partial charge in [0, 0.05) is 25.2 Å². The summed E-state index contributed by atoms with van der Waals surface area (Å²) < 4.78 is 36.4. The number of rotatable bonds is 7. The van der Waals surface area contributed by atoms with E-state index in [2.05, 4.69) is 13.8 Å². The van der Waals surface area contributed by atoms with Gasteiger partial charge in [-0.2, -0.15) is 0 Å². The number of fused-ring (bicyclic) bond motifs is 3. The maximum atomic E-state index is 13.0. The van der Waals surface area contributed by atoms with Crippen LogP contribution in [0, 0.1) is 34.5 Å². The Morgan fingerprint density at radius 1 is 1.10 bits per heavy atom. The van der Waals surface area contributed by atoms with Gasteiger partial charge in [-0.05, 0) is 43.9 Å². The van der Waals surface area contributed by atoms with Gasteiger partial charge in [0.2, 0.25) is 0 Å². The fourth-order valence-electron chi connectivity index (χ4n) is 8.29. The highest BCUT2D eigenvalue weighted by atomic mass is 16.7. The molecule has 5 fully saturated rings. The van der Waals surface area contributed by atoms with Crippen LogP contribution < -0.4 is 0 Å². The van der Waals surface area contributed by atoms with Crippen LogP contribution in [0.15, 0.2) is 0 Å². The molecule has 3 aliphatic heterocycles. The summed E-state index contributed by atoms with van der Waals surface area (Å²) in [6, 6.07) is 0. The maximum absolute atomic E-state index is 13.0. The van der Waals surface area contributed by atoms with Crippen LogP contribution in [0.1, 0.15) is 73.6 Å². The Kier molecular flexibility index (Phi) is 7.57. The summed E-state index contributed by atoms with van der Waals surface area (Å²) in [4.78, 5) is 37.7. The minimum Gasteiger partial charge on any atom is -0.465 e. The highest BCUT2D eigenvalue weighted by Gasteiger charge is 2.81. The number of hydrogen-bond acceptors (Lipinski definition) is 10. The number of aliphatic hydroxyl groups is 1. The summed E-state index contributed by atoms with van der Waals surface area (Å²) in [6.45, 7) is 11.5. The third-order valence-electron chi connectivity index (χ3n) is 10.9. The van der Waals surface area contributed by atoms with Gasteiger partial charge in [-0.15, -0.1) is 0 Å². The van der Waals surface area contributed by atoms with Crippen molar-refractivity contribution in [2.24, 2.45) is 34.5 Å². The van der Waals surface area contributed by atoms with Crippen LogP contribution in [0.25, 0.3) is 0 Å². The van der Waals surface area contributed by atoms with Crippen LogP contribution in [0.5, 0.6) is 0 Å². The molecule has 10 nitrogen and oxygen atoms in total. The van der Waals surface area contributed by atoms with Crippen molar-refractivity contribution >= 4 is 17.9 Å². The van der Waals surface area contributed by atoms with Crippen LogP contribution >= 0.6 is 0 Å².